The first kappa shape index (κ1) is 57.5. The zero-order valence-electron chi connectivity index (χ0n) is 39.3. The van der Waals surface area contributed by atoms with E-state index in [0.717, 1.165) is 44.9 Å². The molecule has 6 nitrogen and oxygen atoms in total. The van der Waals surface area contributed by atoms with E-state index < -0.39 is 36.9 Å². The average Bonchev–Trinajstić information content (AvgIpc) is 3.24. The van der Waals surface area contributed by atoms with Crippen molar-refractivity contribution in [3.8, 4) is 0 Å². The van der Waals surface area contributed by atoms with Gasteiger partial charge >= 0.3 is 0 Å². The van der Waals surface area contributed by atoms with Gasteiger partial charge in [-0.3, -0.25) is 4.79 Å². The number of aliphatic hydroxyl groups is 4. The third-order valence-electron chi connectivity index (χ3n) is 12.1. The van der Waals surface area contributed by atoms with Crippen molar-refractivity contribution in [1.82, 2.24) is 5.32 Å². The molecule has 0 radical (unpaired) electrons. The standard InChI is InChI=1S/C53H101NO5/c1-3-5-7-9-11-13-15-17-18-19-20-21-22-23-24-25-26-27-28-29-30-31-32-33-34-35-37-39-41-43-45-47-51(57)53(59)54-49(48-55)52(58)50(56)46-44-42-40-38-36-16-14-12-10-8-6-4-2/h12,14,23-24,38,40,49-52,55-58H,3-11,13,15-22,25-37,39,41-48H2,1-2H3,(H,54,59)/b14-12+,24-23-,40-38+. The van der Waals surface area contributed by atoms with Crippen molar-refractivity contribution in [2.75, 3.05) is 6.61 Å². The van der Waals surface area contributed by atoms with Gasteiger partial charge in [0, 0.05) is 0 Å². The Hall–Kier alpha value is -1.47. The van der Waals surface area contributed by atoms with Crippen LogP contribution >= 0.6 is 0 Å². The van der Waals surface area contributed by atoms with Crippen LogP contribution in [0.1, 0.15) is 264 Å². The third-order valence-corrected chi connectivity index (χ3v) is 12.1. The molecule has 0 bridgehead atoms. The zero-order valence-corrected chi connectivity index (χ0v) is 39.3. The van der Waals surface area contributed by atoms with Crippen LogP contribution in [-0.2, 0) is 4.79 Å². The van der Waals surface area contributed by atoms with E-state index in [1.165, 1.54) is 186 Å². The number of carbonyl (C=O) groups is 1. The molecule has 0 fully saturated rings. The smallest absolute Gasteiger partial charge is 0.249 e. The van der Waals surface area contributed by atoms with Gasteiger partial charge in [0.25, 0.3) is 0 Å². The normalized spacial score (nSPS) is 14.2. The number of unbranched alkanes of at least 4 members (excludes halogenated alkanes) is 32. The highest BCUT2D eigenvalue weighted by molar-refractivity contribution is 5.80. The molecule has 0 rings (SSSR count). The summed E-state index contributed by atoms with van der Waals surface area (Å²) < 4.78 is 0. The van der Waals surface area contributed by atoms with Crippen LogP contribution in [0.5, 0.6) is 0 Å². The predicted octanol–water partition coefficient (Wildman–Crippen LogP) is 14.5. The highest BCUT2D eigenvalue weighted by Gasteiger charge is 2.28. The van der Waals surface area contributed by atoms with E-state index in [1.54, 1.807) is 0 Å². The monoisotopic (exact) mass is 832 g/mol. The number of allylic oxidation sites excluding steroid dienone is 6. The van der Waals surface area contributed by atoms with Crippen LogP contribution in [0.4, 0.5) is 0 Å². The van der Waals surface area contributed by atoms with Crippen LogP contribution in [0.15, 0.2) is 36.5 Å². The van der Waals surface area contributed by atoms with Crippen molar-refractivity contribution in [2.45, 2.75) is 289 Å². The van der Waals surface area contributed by atoms with Crippen molar-refractivity contribution in [1.29, 1.82) is 0 Å². The Kier molecular flexibility index (Phi) is 46.4. The summed E-state index contributed by atoms with van der Waals surface area (Å²) in [7, 11) is 0. The van der Waals surface area contributed by atoms with E-state index in [2.05, 4.69) is 55.6 Å². The quantitative estimate of drug-likeness (QED) is 0.0310. The van der Waals surface area contributed by atoms with Gasteiger partial charge in [-0.15, -0.1) is 0 Å². The van der Waals surface area contributed by atoms with E-state index in [1.807, 2.05) is 0 Å². The molecule has 0 spiro atoms. The summed E-state index contributed by atoms with van der Waals surface area (Å²) in [5.74, 6) is -0.597. The summed E-state index contributed by atoms with van der Waals surface area (Å²) in [6.45, 7) is 4.01. The van der Waals surface area contributed by atoms with E-state index >= 15 is 0 Å². The first-order valence-electron chi connectivity index (χ1n) is 25.9. The molecule has 0 saturated carbocycles. The highest BCUT2D eigenvalue weighted by Crippen LogP contribution is 2.17. The van der Waals surface area contributed by atoms with Gasteiger partial charge < -0.3 is 25.7 Å². The van der Waals surface area contributed by atoms with Gasteiger partial charge in [-0.25, -0.2) is 0 Å². The predicted molar refractivity (Wildman–Crippen MR) is 256 cm³/mol. The average molecular weight is 832 g/mol. The Morgan fingerprint density at radius 3 is 1.10 bits per heavy atom. The number of hydrogen-bond donors (Lipinski definition) is 5. The maximum absolute atomic E-state index is 12.5. The lowest BCUT2D eigenvalue weighted by molar-refractivity contribution is -0.132. The Balaban J connectivity index is 3.59. The van der Waals surface area contributed by atoms with Gasteiger partial charge in [-0.1, -0.05) is 224 Å². The summed E-state index contributed by atoms with van der Waals surface area (Å²) in [4.78, 5) is 12.5. The van der Waals surface area contributed by atoms with Gasteiger partial charge in [0.1, 0.15) is 12.2 Å². The molecule has 4 atom stereocenters. The number of nitrogens with one attached hydrogen (secondary N) is 1. The molecule has 0 saturated heterocycles. The summed E-state index contributed by atoms with van der Waals surface area (Å²) in [6, 6.07) is -1.01. The van der Waals surface area contributed by atoms with Gasteiger partial charge in [-0.2, -0.15) is 0 Å². The van der Waals surface area contributed by atoms with E-state index in [9.17, 15) is 25.2 Å². The third kappa shape index (κ3) is 41.6. The molecule has 0 aliphatic heterocycles. The molecule has 0 heterocycles. The van der Waals surface area contributed by atoms with Gasteiger partial charge in [0.15, 0.2) is 0 Å². The van der Waals surface area contributed by atoms with Crippen LogP contribution in [-0.4, -0.2) is 57.3 Å². The second-order valence-electron chi connectivity index (χ2n) is 17.8. The van der Waals surface area contributed by atoms with E-state index in [-0.39, 0.29) is 0 Å². The molecule has 348 valence electrons. The van der Waals surface area contributed by atoms with Crippen molar-refractivity contribution in [2.24, 2.45) is 0 Å². The maximum Gasteiger partial charge on any atom is 0.249 e. The largest absolute Gasteiger partial charge is 0.394 e. The maximum atomic E-state index is 12.5. The Morgan fingerprint density at radius 1 is 0.407 bits per heavy atom. The Bertz CT molecular complexity index is 935. The van der Waals surface area contributed by atoms with Crippen molar-refractivity contribution >= 4 is 5.91 Å². The summed E-state index contributed by atoms with van der Waals surface area (Å²) in [5.41, 5.74) is 0. The van der Waals surface area contributed by atoms with Crippen molar-refractivity contribution in [3.05, 3.63) is 36.5 Å². The molecule has 0 aromatic carbocycles. The van der Waals surface area contributed by atoms with Gasteiger partial charge in [0.2, 0.25) is 5.91 Å². The minimum Gasteiger partial charge on any atom is -0.394 e. The lowest BCUT2D eigenvalue weighted by Crippen LogP contribution is -2.53. The molecule has 0 aromatic rings. The molecular weight excluding hydrogens is 731 g/mol. The number of aliphatic hydroxyl groups excluding tert-OH is 4. The molecular formula is C53H101NO5. The molecule has 5 N–H and O–H groups in total. The highest BCUT2D eigenvalue weighted by atomic mass is 16.3. The van der Waals surface area contributed by atoms with Crippen LogP contribution in [0.3, 0.4) is 0 Å². The van der Waals surface area contributed by atoms with Crippen LogP contribution in [0.25, 0.3) is 0 Å². The second kappa shape index (κ2) is 47.6. The SMILES string of the molecule is CCCCC/C=C/CC/C=C/CCCC(O)C(O)C(CO)NC(=O)C(O)CCCCCCCCCCCCCCCCC/C=C\CCCCCCCCCCCCCC. The van der Waals surface area contributed by atoms with Crippen LogP contribution in [0.2, 0.25) is 0 Å². The minimum atomic E-state index is -1.29. The fourth-order valence-electron chi connectivity index (χ4n) is 7.95. The summed E-state index contributed by atoms with van der Waals surface area (Å²) in [6.07, 6.45) is 57.9. The molecule has 59 heavy (non-hydrogen) atoms. The number of amides is 1. The van der Waals surface area contributed by atoms with Crippen molar-refractivity contribution < 1.29 is 25.2 Å². The van der Waals surface area contributed by atoms with Gasteiger partial charge in [0.05, 0.1) is 18.8 Å². The second-order valence-corrected chi connectivity index (χ2v) is 17.8. The first-order chi connectivity index (χ1) is 29.0. The van der Waals surface area contributed by atoms with Gasteiger partial charge in [-0.05, 0) is 77.0 Å². The fraction of sp³-hybridized carbons (Fsp3) is 0.868. The molecule has 0 aromatic heterocycles. The summed E-state index contributed by atoms with van der Waals surface area (Å²) >= 11 is 0. The minimum absolute atomic E-state index is 0.361. The Labute approximate surface area is 367 Å². The van der Waals surface area contributed by atoms with Crippen molar-refractivity contribution in [3.63, 3.8) is 0 Å². The summed E-state index contributed by atoms with van der Waals surface area (Å²) in [5, 5.41) is 43.7. The Morgan fingerprint density at radius 2 is 0.712 bits per heavy atom. The van der Waals surface area contributed by atoms with E-state index in [4.69, 9.17) is 0 Å². The molecule has 4 unspecified atom stereocenters. The first-order valence-corrected chi connectivity index (χ1v) is 25.9. The fourth-order valence-corrected chi connectivity index (χ4v) is 7.95. The molecule has 0 aliphatic rings. The van der Waals surface area contributed by atoms with Crippen LogP contribution < -0.4 is 5.32 Å². The van der Waals surface area contributed by atoms with Crippen LogP contribution in [0, 0.1) is 0 Å². The topological polar surface area (TPSA) is 110 Å². The molecule has 0 aliphatic carbocycles. The number of carbonyl (C=O) groups excluding carboxylic acids is 1. The molecule has 1 amide bonds. The lowest BCUT2D eigenvalue weighted by atomic mass is 10.00. The number of rotatable bonds is 47. The molecule has 6 heteroatoms. The zero-order chi connectivity index (χ0) is 43.1. The lowest BCUT2D eigenvalue weighted by Gasteiger charge is -2.27. The van der Waals surface area contributed by atoms with E-state index in [0.29, 0.717) is 19.3 Å². The number of hydrogen-bond acceptors (Lipinski definition) is 5.